The monoisotopic (exact) mass is 345 g/mol. The lowest BCUT2D eigenvalue weighted by Crippen LogP contribution is -2.44. The smallest absolute Gasteiger partial charge is 0.251 e. The van der Waals surface area contributed by atoms with Crippen molar-refractivity contribution in [2.24, 2.45) is 0 Å². The topological polar surface area (TPSA) is 83.5 Å². The van der Waals surface area contributed by atoms with E-state index in [4.69, 9.17) is 4.74 Å². The third kappa shape index (κ3) is 4.60. The van der Waals surface area contributed by atoms with Gasteiger partial charge >= 0.3 is 0 Å². The minimum Gasteiger partial charge on any atom is -0.389 e. The lowest BCUT2D eigenvalue weighted by atomic mass is 10.1. The van der Waals surface area contributed by atoms with Gasteiger partial charge in [-0.25, -0.2) is 4.39 Å². The van der Waals surface area contributed by atoms with Gasteiger partial charge in [0, 0.05) is 31.0 Å². The maximum Gasteiger partial charge on any atom is 0.251 e. The van der Waals surface area contributed by atoms with Crippen LogP contribution in [0.2, 0.25) is 0 Å². The van der Waals surface area contributed by atoms with Gasteiger partial charge in [0.1, 0.15) is 11.9 Å². The van der Waals surface area contributed by atoms with Crippen molar-refractivity contribution in [3.05, 3.63) is 65.7 Å². The van der Waals surface area contributed by atoms with Crippen molar-refractivity contribution in [2.75, 3.05) is 13.2 Å². The Bertz CT molecular complexity index is 696. The van der Waals surface area contributed by atoms with Gasteiger partial charge in [-0.3, -0.25) is 9.78 Å². The van der Waals surface area contributed by atoms with Crippen molar-refractivity contribution in [1.82, 2.24) is 15.6 Å². The molecule has 25 heavy (non-hydrogen) atoms. The lowest BCUT2D eigenvalue weighted by molar-refractivity contribution is 0.0398. The molecule has 1 amide bonds. The van der Waals surface area contributed by atoms with Crippen molar-refractivity contribution < 1.29 is 19.0 Å². The highest BCUT2D eigenvalue weighted by molar-refractivity contribution is 5.94. The molecule has 1 fully saturated rings. The first kappa shape index (κ1) is 17.5. The third-order valence-corrected chi connectivity index (χ3v) is 4.14. The number of rotatable bonds is 6. The average molecular weight is 345 g/mol. The lowest BCUT2D eigenvalue weighted by Gasteiger charge is -2.19. The predicted octanol–water partition coefficient (Wildman–Crippen LogP) is 0.869. The van der Waals surface area contributed by atoms with E-state index in [1.165, 1.54) is 24.3 Å². The molecule has 3 rings (SSSR count). The molecular weight excluding hydrogens is 325 g/mol. The van der Waals surface area contributed by atoms with Crippen molar-refractivity contribution in [1.29, 1.82) is 0 Å². The fourth-order valence-corrected chi connectivity index (χ4v) is 2.69. The summed E-state index contributed by atoms with van der Waals surface area (Å²) in [7, 11) is 0. The molecule has 2 aromatic rings. The van der Waals surface area contributed by atoms with Crippen LogP contribution in [-0.2, 0) is 11.3 Å². The molecular formula is C18H20FN3O3. The number of aliphatic hydroxyl groups is 1. The summed E-state index contributed by atoms with van der Waals surface area (Å²) in [6.07, 6.45) is 2.24. The van der Waals surface area contributed by atoms with Crippen LogP contribution in [0.15, 0.2) is 48.8 Å². The molecule has 6 nitrogen and oxygen atoms in total. The minimum absolute atomic E-state index is 0.183. The SMILES string of the molecule is O=C(NCC1OCC(NCc2cccnc2)C1O)c1ccc(F)cc1. The second-order valence-corrected chi connectivity index (χ2v) is 5.93. The van der Waals surface area contributed by atoms with Gasteiger partial charge in [-0.2, -0.15) is 0 Å². The number of carbonyl (C=O) groups excluding carboxylic acids is 1. The summed E-state index contributed by atoms with van der Waals surface area (Å²) in [5.41, 5.74) is 1.38. The number of halogens is 1. The Hall–Kier alpha value is -2.35. The van der Waals surface area contributed by atoms with Gasteiger partial charge in [-0.05, 0) is 35.9 Å². The van der Waals surface area contributed by atoms with Crippen molar-refractivity contribution >= 4 is 5.91 Å². The Morgan fingerprint density at radius 3 is 2.84 bits per heavy atom. The Labute approximate surface area is 145 Å². The van der Waals surface area contributed by atoms with Gasteiger partial charge < -0.3 is 20.5 Å². The van der Waals surface area contributed by atoms with Gasteiger partial charge in [0.2, 0.25) is 0 Å². The van der Waals surface area contributed by atoms with E-state index < -0.39 is 18.0 Å². The van der Waals surface area contributed by atoms with Crippen molar-refractivity contribution in [3.8, 4) is 0 Å². The summed E-state index contributed by atoms with van der Waals surface area (Å²) in [6.45, 7) is 1.12. The van der Waals surface area contributed by atoms with Crippen LogP contribution in [0, 0.1) is 5.82 Å². The van der Waals surface area contributed by atoms with E-state index in [0.717, 1.165) is 5.56 Å². The second kappa shape index (κ2) is 8.15. The van der Waals surface area contributed by atoms with Crippen LogP contribution in [0.3, 0.4) is 0 Å². The predicted molar refractivity (Wildman–Crippen MR) is 89.3 cm³/mol. The number of ether oxygens (including phenoxy) is 1. The van der Waals surface area contributed by atoms with E-state index in [1.54, 1.807) is 12.4 Å². The molecule has 2 heterocycles. The number of hydrogen-bond donors (Lipinski definition) is 3. The Balaban J connectivity index is 1.46. The van der Waals surface area contributed by atoms with E-state index in [1.807, 2.05) is 12.1 Å². The number of aliphatic hydroxyl groups excluding tert-OH is 1. The molecule has 1 aliphatic rings. The van der Waals surface area contributed by atoms with Crippen LogP contribution in [0.1, 0.15) is 15.9 Å². The molecule has 3 N–H and O–H groups in total. The quantitative estimate of drug-likeness (QED) is 0.724. The highest BCUT2D eigenvalue weighted by Gasteiger charge is 2.35. The highest BCUT2D eigenvalue weighted by Crippen LogP contribution is 2.15. The van der Waals surface area contributed by atoms with Crippen molar-refractivity contribution in [3.63, 3.8) is 0 Å². The molecule has 0 spiro atoms. The van der Waals surface area contributed by atoms with Gasteiger partial charge in [0.15, 0.2) is 0 Å². The maximum absolute atomic E-state index is 12.9. The summed E-state index contributed by atoms with van der Waals surface area (Å²) in [5, 5.41) is 16.3. The molecule has 0 saturated carbocycles. The third-order valence-electron chi connectivity index (χ3n) is 4.14. The van der Waals surface area contributed by atoms with Gasteiger partial charge in [-0.1, -0.05) is 6.07 Å². The van der Waals surface area contributed by atoms with Gasteiger partial charge in [0.05, 0.1) is 18.8 Å². The molecule has 0 radical (unpaired) electrons. The van der Waals surface area contributed by atoms with E-state index >= 15 is 0 Å². The molecule has 1 aliphatic heterocycles. The fraction of sp³-hybridized carbons (Fsp3) is 0.333. The standard InChI is InChI=1S/C18H20FN3O3/c19-14-5-3-13(4-6-14)18(24)22-10-16-17(23)15(11-25-16)21-9-12-2-1-7-20-8-12/h1-8,15-17,21,23H,9-11H2,(H,22,24). The number of nitrogens with zero attached hydrogens (tertiary/aromatic N) is 1. The number of nitrogens with one attached hydrogen (secondary N) is 2. The van der Waals surface area contributed by atoms with Crippen LogP contribution in [0.4, 0.5) is 4.39 Å². The number of pyridine rings is 1. The van der Waals surface area contributed by atoms with E-state index in [-0.39, 0.29) is 18.5 Å². The summed E-state index contributed by atoms with van der Waals surface area (Å²) >= 11 is 0. The Morgan fingerprint density at radius 2 is 2.12 bits per heavy atom. The molecule has 3 atom stereocenters. The molecule has 7 heteroatoms. The zero-order chi connectivity index (χ0) is 17.6. The molecule has 0 aliphatic carbocycles. The Kier molecular flexibility index (Phi) is 5.70. The normalized spacial score (nSPS) is 22.7. The van der Waals surface area contributed by atoms with E-state index in [2.05, 4.69) is 15.6 Å². The minimum atomic E-state index is -0.731. The van der Waals surface area contributed by atoms with Gasteiger partial charge in [0.25, 0.3) is 5.91 Å². The van der Waals surface area contributed by atoms with Crippen LogP contribution in [-0.4, -0.2) is 47.4 Å². The first-order valence-corrected chi connectivity index (χ1v) is 8.09. The number of aromatic nitrogens is 1. The molecule has 3 unspecified atom stereocenters. The zero-order valence-electron chi connectivity index (χ0n) is 13.6. The number of amides is 1. The maximum atomic E-state index is 12.9. The summed E-state index contributed by atoms with van der Waals surface area (Å²) in [4.78, 5) is 16.1. The number of hydrogen-bond acceptors (Lipinski definition) is 5. The largest absolute Gasteiger partial charge is 0.389 e. The summed E-state index contributed by atoms with van der Waals surface area (Å²) in [5.74, 6) is -0.726. The molecule has 132 valence electrons. The van der Waals surface area contributed by atoms with Crippen molar-refractivity contribution in [2.45, 2.75) is 24.8 Å². The summed E-state index contributed by atoms with van der Waals surface area (Å²) < 4.78 is 18.4. The van der Waals surface area contributed by atoms with Crippen LogP contribution < -0.4 is 10.6 Å². The summed E-state index contributed by atoms with van der Waals surface area (Å²) in [6, 6.07) is 8.87. The second-order valence-electron chi connectivity index (χ2n) is 5.93. The van der Waals surface area contributed by atoms with E-state index in [9.17, 15) is 14.3 Å². The first-order valence-electron chi connectivity index (χ1n) is 8.09. The number of carbonyl (C=O) groups is 1. The van der Waals surface area contributed by atoms with Crippen LogP contribution >= 0.6 is 0 Å². The van der Waals surface area contributed by atoms with Gasteiger partial charge in [-0.15, -0.1) is 0 Å². The average Bonchev–Trinajstić information content (AvgIpc) is 2.99. The Morgan fingerprint density at radius 1 is 1.32 bits per heavy atom. The molecule has 1 saturated heterocycles. The fourth-order valence-electron chi connectivity index (χ4n) is 2.69. The first-order chi connectivity index (χ1) is 12.1. The number of benzene rings is 1. The van der Waals surface area contributed by atoms with Crippen LogP contribution in [0.25, 0.3) is 0 Å². The molecule has 1 aromatic carbocycles. The highest BCUT2D eigenvalue weighted by atomic mass is 19.1. The zero-order valence-corrected chi connectivity index (χ0v) is 13.6. The molecule has 1 aromatic heterocycles. The molecule has 0 bridgehead atoms. The van der Waals surface area contributed by atoms with E-state index in [0.29, 0.717) is 18.7 Å². The van der Waals surface area contributed by atoms with Crippen LogP contribution in [0.5, 0.6) is 0 Å².